The summed E-state index contributed by atoms with van der Waals surface area (Å²) in [6, 6.07) is 9.83. The summed E-state index contributed by atoms with van der Waals surface area (Å²) in [6.07, 6.45) is 3.81. The minimum Gasteiger partial charge on any atom is -0.474 e. The highest BCUT2D eigenvalue weighted by molar-refractivity contribution is 5.11. The average Bonchev–Trinajstić information content (AvgIpc) is 2.92. The quantitative estimate of drug-likeness (QED) is 0.868. The zero-order valence-electron chi connectivity index (χ0n) is 13.4. The number of rotatable bonds is 4. The third kappa shape index (κ3) is 3.26. The van der Waals surface area contributed by atoms with Crippen LogP contribution in [0.1, 0.15) is 24.4 Å². The first-order valence-corrected chi connectivity index (χ1v) is 8.20. The molecule has 2 aromatic rings. The fourth-order valence-corrected chi connectivity index (χ4v) is 3.56. The van der Waals surface area contributed by atoms with Crippen molar-refractivity contribution in [1.82, 2.24) is 9.88 Å². The van der Waals surface area contributed by atoms with E-state index in [4.69, 9.17) is 13.9 Å². The van der Waals surface area contributed by atoms with Crippen molar-refractivity contribution in [2.24, 2.45) is 0 Å². The van der Waals surface area contributed by atoms with Crippen LogP contribution in [-0.4, -0.2) is 41.3 Å². The van der Waals surface area contributed by atoms with Crippen LogP contribution in [0.3, 0.4) is 0 Å². The van der Waals surface area contributed by atoms with E-state index in [9.17, 15) is 0 Å². The minimum atomic E-state index is -0.0562. The topological polar surface area (TPSA) is 47.7 Å². The maximum Gasteiger partial charge on any atom is 0.213 e. The molecule has 122 valence electrons. The van der Waals surface area contributed by atoms with Crippen LogP contribution in [0.25, 0.3) is 0 Å². The number of hydrogen-bond acceptors (Lipinski definition) is 5. The Labute approximate surface area is 136 Å². The van der Waals surface area contributed by atoms with Crippen LogP contribution < -0.4 is 4.74 Å². The van der Waals surface area contributed by atoms with Crippen molar-refractivity contribution >= 4 is 0 Å². The molecule has 0 amide bonds. The van der Waals surface area contributed by atoms with Crippen LogP contribution in [-0.2, 0) is 11.3 Å². The number of pyridine rings is 1. The predicted molar refractivity (Wildman–Crippen MR) is 85.3 cm³/mol. The molecule has 2 aromatic heterocycles. The number of likely N-dealkylation sites (tertiary alicyclic amines) is 1. The van der Waals surface area contributed by atoms with Gasteiger partial charge in [-0.3, -0.25) is 4.90 Å². The summed E-state index contributed by atoms with van der Waals surface area (Å²) in [5.74, 6) is 2.69. The highest BCUT2D eigenvalue weighted by atomic mass is 16.5. The summed E-state index contributed by atoms with van der Waals surface area (Å²) in [6.45, 7) is 5.46. The van der Waals surface area contributed by atoms with Gasteiger partial charge in [-0.1, -0.05) is 6.07 Å². The van der Waals surface area contributed by atoms with Crippen LogP contribution in [0.5, 0.6) is 5.88 Å². The summed E-state index contributed by atoms with van der Waals surface area (Å²) in [4.78, 5) is 6.61. The third-order valence-electron chi connectivity index (χ3n) is 4.57. The van der Waals surface area contributed by atoms with Gasteiger partial charge < -0.3 is 13.9 Å². The molecule has 0 aliphatic carbocycles. The Morgan fingerprint density at radius 2 is 2.22 bits per heavy atom. The second-order valence-corrected chi connectivity index (χ2v) is 6.59. The SMILES string of the molecule is Cc1ccc(CN2CC3(C[C@@H](Oc4ccccn4)CCO3)C2)o1. The molecular formula is C18H22N2O3. The molecule has 0 N–H and O–H groups in total. The fraction of sp³-hybridized carbons (Fsp3) is 0.500. The van der Waals surface area contributed by atoms with E-state index in [1.54, 1.807) is 6.20 Å². The van der Waals surface area contributed by atoms with Crippen LogP contribution in [0.4, 0.5) is 0 Å². The maximum absolute atomic E-state index is 6.07. The van der Waals surface area contributed by atoms with Crippen molar-refractivity contribution in [1.29, 1.82) is 0 Å². The van der Waals surface area contributed by atoms with Crippen molar-refractivity contribution in [3.63, 3.8) is 0 Å². The van der Waals surface area contributed by atoms with Gasteiger partial charge in [0.15, 0.2) is 0 Å². The first kappa shape index (κ1) is 14.7. The zero-order chi connectivity index (χ0) is 15.7. The van der Waals surface area contributed by atoms with Crippen LogP contribution >= 0.6 is 0 Å². The van der Waals surface area contributed by atoms with E-state index in [-0.39, 0.29) is 11.7 Å². The molecule has 5 heteroatoms. The molecule has 23 heavy (non-hydrogen) atoms. The van der Waals surface area contributed by atoms with Crippen LogP contribution in [0.15, 0.2) is 40.9 Å². The van der Waals surface area contributed by atoms with Gasteiger partial charge in [-0.2, -0.15) is 0 Å². The molecule has 2 fully saturated rings. The smallest absolute Gasteiger partial charge is 0.213 e. The Hall–Kier alpha value is -1.85. The Bertz CT molecular complexity index is 649. The minimum absolute atomic E-state index is 0.0562. The lowest BCUT2D eigenvalue weighted by molar-refractivity contribution is -0.189. The molecule has 4 rings (SSSR count). The number of furan rings is 1. The summed E-state index contributed by atoms with van der Waals surface area (Å²) < 4.78 is 17.7. The lowest BCUT2D eigenvalue weighted by atomic mass is 9.84. The van der Waals surface area contributed by atoms with E-state index in [0.717, 1.165) is 50.6 Å². The van der Waals surface area contributed by atoms with E-state index in [0.29, 0.717) is 5.88 Å². The largest absolute Gasteiger partial charge is 0.474 e. The van der Waals surface area contributed by atoms with Gasteiger partial charge in [-0.05, 0) is 25.1 Å². The van der Waals surface area contributed by atoms with Gasteiger partial charge >= 0.3 is 0 Å². The van der Waals surface area contributed by atoms with Gasteiger partial charge in [0.1, 0.15) is 17.6 Å². The van der Waals surface area contributed by atoms with E-state index in [1.807, 2.05) is 31.2 Å². The highest BCUT2D eigenvalue weighted by Gasteiger charge is 2.48. The molecule has 4 heterocycles. The number of hydrogen-bond donors (Lipinski definition) is 0. The Morgan fingerprint density at radius 1 is 1.30 bits per heavy atom. The Balaban J connectivity index is 1.32. The number of aryl methyl sites for hydroxylation is 1. The third-order valence-corrected chi connectivity index (χ3v) is 4.57. The van der Waals surface area contributed by atoms with Crippen molar-refractivity contribution in [3.05, 3.63) is 48.0 Å². The van der Waals surface area contributed by atoms with Gasteiger partial charge in [-0.15, -0.1) is 0 Å². The average molecular weight is 314 g/mol. The summed E-state index contributed by atoms with van der Waals surface area (Å²) >= 11 is 0. The molecular weight excluding hydrogens is 292 g/mol. The first-order valence-electron chi connectivity index (χ1n) is 8.20. The molecule has 0 bridgehead atoms. The lowest BCUT2D eigenvalue weighted by Crippen LogP contribution is -2.65. The summed E-state index contributed by atoms with van der Waals surface area (Å²) in [7, 11) is 0. The highest BCUT2D eigenvalue weighted by Crippen LogP contribution is 2.36. The Kier molecular flexibility index (Phi) is 3.83. The fourth-order valence-electron chi connectivity index (χ4n) is 3.56. The van der Waals surface area contributed by atoms with E-state index >= 15 is 0 Å². The van der Waals surface area contributed by atoms with Gasteiger partial charge in [0.2, 0.25) is 5.88 Å². The molecule has 2 aliphatic rings. The molecule has 0 aromatic carbocycles. The summed E-state index contributed by atoms with van der Waals surface area (Å²) in [5, 5.41) is 0. The number of aromatic nitrogens is 1. The van der Waals surface area contributed by atoms with Crippen LogP contribution in [0.2, 0.25) is 0 Å². The molecule has 2 aliphatic heterocycles. The predicted octanol–water partition coefficient (Wildman–Crippen LogP) is 2.80. The maximum atomic E-state index is 6.07. The first-order chi connectivity index (χ1) is 11.2. The van der Waals surface area contributed by atoms with Gasteiger partial charge in [0, 0.05) is 38.2 Å². The standard InChI is InChI=1S/C18H22N2O3/c1-14-5-6-16(22-14)11-20-12-18(13-20)10-15(7-9-21-18)23-17-4-2-3-8-19-17/h2-6,8,15H,7,9-13H2,1H3/t15-/m0/s1. The Morgan fingerprint density at radius 3 is 2.96 bits per heavy atom. The van der Waals surface area contributed by atoms with Crippen LogP contribution in [0, 0.1) is 6.92 Å². The van der Waals surface area contributed by atoms with Crippen molar-refractivity contribution < 1.29 is 13.9 Å². The second kappa shape index (κ2) is 5.98. The van der Waals surface area contributed by atoms with Crippen molar-refractivity contribution in [2.45, 2.75) is 38.0 Å². The van der Waals surface area contributed by atoms with Crippen molar-refractivity contribution in [2.75, 3.05) is 19.7 Å². The molecule has 1 atom stereocenters. The second-order valence-electron chi connectivity index (χ2n) is 6.59. The summed E-state index contributed by atoms with van der Waals surface area (Å²) in [5.41, 5.74) is -0.0562. The van der Waals surface area contributed by atoms with Gasteiger partial charge in [-0.25, -0.2) is 4.98 Å². The number of nitrogens with zero attached hydrogens (tertiary/aromatic N) is 2. The molecule has 0 saturated carbocycles. The molecule has 0 radical (unpaired) electrons. The normalized spacial score (nSPS) is 23.6. The number of ether oxygens (including phenoxy) is 2. The van der Waals surface area contributed by atoms with E-state index < -0.39 is 0 Å². The van der Waals surface area contributed by atoms with E-state index in [2.05, 4.69) is 16.0 Å². The van der Waals surface area contributed by atoms with Gasteiger partial charge in [0.05, 0.1) is 18.8 Å². The molecule has 2 saturated heterocycles. The zero-order valence-corrected chi connectivity index (χ0v) is 13.4. The van der Waals surface area contributed by atoms with Crippen molar-refractivity contribution in [3.8, 4) is 5.88 Å². The van der Waals surface area contributed by atoms with E-state index in [1.165, 1.54) is 0 Å². The monoisotopic (exact) mass is 314 g/mol. The molecule has 1 spiro atoms. The molecule has 5 nitrogen and oxygen atoms in total. The van der Waals surface area contributed by atoms with Gasteiger partial charge in [0.25, 0.3) is 0 Å². The molecule has 0 unspecified atom stereocenters. The lowest BCUT2D eigenvalue weighted by Gasteiger charge is -2.52.